The molecule has 49 heavy (non-hydrogen) atoms. The third kappa shape index (κ3) is 6.93. The Kier molecular flexibility index (Phi) is 10.2. The van der Waals surface area contributed by atoms with Crippen molar-refractivity contribution in [3.05, 3.63) is 128 Å². The Balaban J connectivity index is 1.68. The van der Waals surface area contributed by atoms with Gasteiger partial charge in [0.1, 0.15) is 23.3 Å². The average Bonchev–Trinajstić information content (AvgIpc) is 3.44. The number of rotatable bonds is 12. The molecular weight excluding hydrogens is 641 g/mol. The summed E-state index contributed by atoms with van der Waals surface area (Å²) in [4.78, 5) is 41.2. The van der Waals surface area contributed by atoms with Crippen molar-refractivity contribution >= 4 is 14.6 Å². The second-order valence-electron chi connectivity index (χ2n) is 14.0. The van der Waals surface area contributed by atoms with Gasteiger partial charge in [-0.2, -0.15) is 0 Å². The van der Waals surface area contributed by atoms with Gasteiger partial charge in [-0.05, 0) is 66.0 Å². The lowest BCUT2D eigenvalue weighted by Gasteiger charge is -2.43. The van der Waals surface area contributed by atoms with Crippen LogP contribution in [0.5, 0.6) is 11.5 Å². The van der Waals surface area contributed by atoms with E-state index in [0.717, 1.165) is 23.0 Å². The summed E-state index contributed by atoms with van der Waals surface area (Å²) in [5.74, 6) is 1.35. The largest absolute Gasteiger partial charge is 0.497 e. The summed E-state index contributed by atoms with van der Waals surface area (Å²) in [5.41, 5.74) is -1.24. The third-order valence-electron chi connectivity index (χ3n) is 9.90. The van der Waals surface area contributed by atoms with Crippen LogP contribution in [0, 0.1) is 6.92 Å². The molecule has 1 aliphatic rings. The Morgan fingerprint density at radius 3 is 1.92 bits per heavy atom. The van der Waals surface area contributed by atoms with Gasteiger partial charge in [-0.3, -0.25) is 19.1 Å². The van der Waals surface area contributed by atoms with Crippen LogP contribution in [-0.4, -0.2) is 56.7 Å². The minimum absolute atomic E-state index is 0.184. The van der Waals surface area contributed by atoms with Gasteiger partial charge in [0.2, 0.25) is 0 Å². The van der Waals surface area contributed by atoms with Crippen LogP contribution >= 0.6 is 0 Å². The lowest BCUT2D eigenvalue weighted by molar-refractivity contribution is -0.165. The van der Waals surface area contributed by atoms with E-state index in [1.54, 1.807) is 21.1 Å². The highest BCUT2D eigenvalue weighted by molar-refractivity contribution is 6.74. The maximum Gasteiger partial charge on any atom is 0.330 e. The average molecular weight is 687 g/mol. The van der Waals surface area contributed by atoms with Gasteiger partial charge in [-0.1, -0.05) is 75.4 Å². The zero-order valence-electron chi connectivity index (χ0n) is 29.4. The number of hydrogen-bond acceptors (Lipinski definition) is 8. The van der Waals surface area contributed by atoms with Crippen LogP contribution in [0.15, 0.2) is 94.6 Å². The standard InChI is InChI=1S/C38H46N2O8Si/c1-26-23-40(35(43)39-34(26)42)33-22-32(48-49(7,8)36(2,3)4)37(24-41,47-33)25-46-38(27-12-10-9-11-13-27,28-14-18-30(44-5)19-15-28)29-16-20-31(45-6)21-17-29/h9-21,23-24,32-33H,22,25H2,1-8H3,(H,39,42,43)/t32-,33+,37+/m0/s1. The second-order valence-corrected chi connectivity index (χ2v) is 18.8. The van der Waals surface area contributed by atoms with Gasteiger partial charge in [0.25, 0.3) is 5.56 Å². The first-order valence-corrected chi connectivity index (χ1v) is 19.2. The van der Waals surface area contributed by atoms with Crippen molar-refractivity contribution in [2.45, 2.75) is 75.8 Å². The summed E-state index contributed by atoms with van der Waals surface area (Å²) in [5, 5.41) is -0.189. The van der Waals surface area contributed by atoms with Gasteiger partial charge in [0, 0.05) is 18.2 Å². The van der Waals surface area contributed by atoms with E-state index in [0.29, 0.717) is 17.1 Å². The lowest BCUT2D eigenvalue weighted by Crippen LogP contribution is -2.54. The summed E-state index contributed by atoms with van der Waals surface area (Å²) in [6.07, 6.45) is 0.713. The van der Waals surface area contributed by atoms with Crippen LogP contribution in [0.25, 0.3) is 0 Å². The number of nitrogens with zero attached hydrogens (tertiary/aromatic N) is 1. The normalized spacial score (nSPS) is 19.8. The monoisotopic (exact) mass is 686 g/mol. The van der Waals surface area contributed by atoms with E-state index in [1.165, 1.54) is 10.8 Å². The van der Waals surface area contributed by atoms with Crippen molar-refractivity contribution in [1.29, 1.82) is 0 Å². The fourth-order valence-electron chi connectivity index (χ4n) is 5.97. The van der Waals surface area contributed by atoms with Crippen molar-refractivity contribution < 1.29 is 28.2 Å². The highest BCUT2D eigenvalue weighted by Crippen LogP contribution is 2.47. The summed E-state index contributed by atoms with van der Waals surface area (Å²) in [7, 11) is 0.726. The Hall–Kier alpha value is -4.29. The van der Waals surface area contributed by atoms with E-state index in [1.807, 2.05) is 78.9 Å². The van der Waals surface area contributed by atoms with Gasteiger partial charge < -0.3 is 23.4 Å². The molecule has 11 heteroatoms. The fraction of sp³-hybridized carbons (Fsp3) is 0.395. The van der Waals surface area contributed by atoms with Gasteiger partial charge >= 0.3 is 5.69 Å². The number of methoxy groups -OCH3 is 2. The summed E-state index contributed by atoms with van der Waals surface area (Å²) < 4.78 is 33.0. The molecule has 4 aromatic rings. The maximum absolute atomic E-state index is 13.5. The zero-order valence-corrected chi connectivity index (χ0v) is 30.4. The van der Waals surface area contributed by atoms with E-state index in [4.69, 9.17) is 23.4 Å². The first-order valence-electron chi connectivity index (χ1n) is 16.3. The molecule has 0 saturated carbocycles. The minimum Gasteiger partial charge on any atom is -0.497 e. The van der Waals surface area contributed by atoms with Crippen LogP contribution < -0.4 is 20.7 Å². The van der Waals surface area contributed by atoms with Crippen molar-refractivity contribution in [1.82, 2.24) is 9.55 Å². The van der Waals surface area contributed by atoms with Crippen molar-refractivity contribution in [2.75, 3.05) is 20.8 Å². The van der Waals surface area contributed by atoms with Gasteiger partial charge in [0.05, 0.1) is 26.9 Å². The highest BCUT2D eigenvalue weighted by atomic mass is 28.4. The molecule has 1 fully saturated rings. The molecule has 0 amide bonds. The Morgan fingerprint density at radius 2 is 1.43 bits per heavy atom. The maximum atomic E-state index is 13.5. The molecule has 0 unspecified atom stereocenters. The molecule has 0 spiro atoms. The molecule has 260 valence electrons. The molecule has 0 aliphatic carbocycles. The summed E-state index contributed by atoms with van der Waals surface area (Å²) in [6.45, 7) is 12.0. The van der Waals surface area contributed by atoms with Crippen LogP contribution in [0.4, 0.5) is 0 Å². The molecule has 1 saturated heterocycles. The van der Waals surface area contributed by atoms with Crippen LogP contribution in [0.2, 0.25) is 18.1 Å². The highest BCUT2D eigenvalue weighted by Gasteiger charge is 2.55. The molecule has 1 aliphatic heterocycles. The SMILES string of the molecule is COc1ccc(C(OC[C@@]2(C=O)O[C@@H](n3cc(C)c(=O)[nH]c3=O)C[C@@H]2O[Si](C)(C)C(C)(C)C)(c2ccccc2)c2ccc(OC)cc2)cc1. The molecule has 1 aromatic heterocycles. The lowest BCUT2D eigenvalue weighted by atomic mass is 9.79. The number of carbonyl (C=O) groups is 1. The Bertz CT molecular complexity index is 1820. The van der Waals surface area contributed by atoms with E-state index in [2.05, 4.69) is 38.8 Å². The van der Waals surface area contributed by atoms with Crippen LogP contribution in [0.3, 0.4) is 0 Å². The molecule has 10 nitrogen and oxygen atoms in total. The third-order valence-corrected chi connectivity index (χ3v) is 14.4. The van der Waals surface area contributed by atoms with Gasteiger partial charge in [0.15, 0.2) is 20.2 Å². The van der Waals surface area contributed by atoms with Crippen molar-refractivity contribution in [3.8, 4) is 11.5 Å². The molecule has 3 atom stereocenters. The molecule has 1 N–H and O–H groups in total. The van der Waals surface area contributed by atoms with E-state index >= 15 is 0 Å². The Labute approximate surface area is 288 Å². The Morgan fingerprint density at radius 1 is 0.898 bits per heavy atom. The second kappa shape index (κ2) is 13.9. The molecule has 3 aromatic carbocycles. The smallest absolute Gasteiger partial charge is 0.330 e. The summed E-state index contributed by atoms with van der Waals surface area (Å²) >= 11 is 0. The number of H-pyrrole nitrogens is 1. The van der Waals surface area contributed by atoms with E-state index in [-0.39, 0.29) is 18.1 Å². The number of aldehydes is 1. The van der Waals surface area contributed by atoms with Crippen molar-refractivity contribution in [2.24, 2.45) is 0 Å². The quantitative estimate of drug-likeness (QED) is 0.108. The first-order chi connectivity index (χ1) is 23.2. The number of hydrogen-bond donors (Lipinski definition) is 1. The van der Waals surface area contributed by atoms with Gasteiger partial charge in [-0.15, -0.1) is 0 Å². The number of aromatic nitrogens is 2. The number of benzene rings is 3. The molecular formula is C38H46N2O8Si. The topological polar surface area (TPSA) is 118 Å². The molecule has 0 bridgehead atoms. The number of carbonyl (C=O) groups excluding carboxylic acids is 1. The van der Waals surface area contributed by atoms with Gasteiger partial charge in [-0.25, -0.2) is 4.79 Å². The first kappa shape index (κ1) is 36.0. The molecule has 2 heterocycles. The molecule has 5 rings (SSSR count). The minimum atomic E-state index is -2.49. The van der Waals surface area contributed by atoms with E-state index in [9.17, 15) is 14.4 Å². The number of aromatic amines is 1. The van der Waals surface area contributed by atoms with Crippen molar-refractivity contribution in [3.63, 3.8) is 0 Å². The van der Waals surface area contributed by atoms with E-state index < -0.39 is 43.1 Å². The number of aryl methyl sites for hydroxylation is 1. The molecule has 0 radical (unpaired) electrons. The number of ether oxygens (including phenoxy) is 4. The van der Waals surface area contributed by atoms with Crippen LogP contribution in [0.1, 0.15) is 55.7 Å². The number of nitrogens with one attached hydrogen (secondary N) is 1. The predicted octanol–water partition coefficient (Wildman–Crippen LogP) is 6.12. The summed E-state index contributed by atoms with van der Waals surface area (Å²) in [6, 6.07) is 25.0. The van der Waals surface area contributed by atoms with Crippen LogP contribution in [-0.2, 0) is 24.3 Å². The predicted molar refractivity (Wildman–Crippen MR) is 190 cm³/mol. The fourth-order valence-corrected chi connectivity index (χ4v) is 7.33. The zero-order chi connectivity index (χ0) is 35.6.